The summed E-state index contributed by atoms with van der Waals surface area (Å²) >= 11 is 0. The fourth-order valence-corrected chi connectivity index (χ4v) is 1.23. The van der Waals surface area contributed by atoms with Crippen LogP contribution in [0.1, 0.15) is 12.5 Å². The van der Waals surface area contributed by atoms with Crippen LogP contribution in [0.25, 0.3) is 5.70 Å². The van der Waals surface area contributed by atoms with E-state index in [4.69, 9.17) is 4.74 Å². The molecule has 0 aliphatic rings. The molecule has 18 heavy (non-hydrogen) atoms. The minimum atomic E-state index is -0.660. The Morgan fingerprint density at radius 3 is 2.72 bits per heavy atom. The molecular formula is C12H15FN2O3. The molecule has 2 N–H and O–H groups in total. The molecule has 0 radical (unpaired) electrons. The lowest BCUT2D eigenvalue weighted by Crippen LogP contribution is -2.36. The van der Waals surface area contributed by atoms with Gasteiger partial charge in [0, 0.05) is 11.6 Å². The lowest BCUT2D eigenvalue weighted by Gasteiger charge is -2.12. The molecule has 0 saturated heterocycles. The van der Waals surface area contributed by atoms with Crippen molar-refractivity contribution in [1.82, 2.24) is 10.9 Å². The maximum atomic E-state index is 13.6. The van der Waals surface area contributed by atoms with Gasteiger partial charge < -0.3 is 9.47 Å². The molecule has 0 saturated carbocycles. The molecule has 0 fully saturated rings. The maximum Gasteiger partial charge on any atom is 0.425 e. The predicted octanol–water partition coefficient (Wildman–Crippen LogP) is 2.06. The van der Waals surface area contributed by atoms with E-state index in [2.05, 4.69) is 22.2 Å². The second-order valence-electron chi connectivity index (χ2n) is 3.29. The lowest BCUT2D eigenvalue weighted by molar-refractivity contribution is 0.149. The Hall–Kier alpha value is -2.24. The van der Waals surface area contributed by atoms with E-state index in [9.17, 15) is 9.18 Å². The first kappa shape index (κ1) is 13.8. The molecule has 0 heterocycles. The molecule has 98 valence electrons. The van der Waals surface area contributed by atoms with Crippen LogP contribution < -0.4 is 15.6 Å². The molecule has 5 nitrogen and oxygen atoms in total. The average molecular weight is 254 g/mol. The highest BCUT2D eigenvalue weighted by molar-refractivity contribution is 5.70. The first-order valence-electron chi connectivity index (χ1n) is 5.30. The number of hydrogen-bond acceptors (Lipinski definition) is 4. The highest BCUT2D eigenvalue weighted by Gasteiger charge is 2.08. The van der Waals surface area contributed by atoms with Gasteiger partial charge in [-0.1, -0.05) is 6.58 Å². The molecule has 1 aromatic rings. The maximum absolute atomic E-state index is 13.6. The van der Waals surface area contributed by atoms with Gasteiger partial charge in [0.1, 0.15) is 11.6 Å². The summed E-state index contributed by atoms with van der Waals surface area (Å²) in [5, 5.41) is 0. The van der Waals surface area contributed by atoms with E-state index in [0.717, 1.165) is 0 Å². The van der Waals surface area contributed by atoms with Crippen LogP contribution in [0, 0.1) is 5.82 Å². The Morgan fingerprint density at radius 1 is 1.44 bits per heavy atom. The van der Waals surface area contributed by atoms with Crippen molar-refractivity contribution in [3.63, 3.8) is 0 Å². The van der Waals surface area contributed by atoms with Crippen molar-refractivity contribution in [2.24, 2.45) is 0 Å². The first-order valence-corrected chi connectivity index (χ1v) is 5.30. The molecule has 0 bridgehead atoms. The van der Waals surface area contributed by atoms with Crippen LogP contribution in [-0.2, 0) is 4.74 Å². The summed E-state index contributed by atoms with van der Waals surface area (Å²) < 4.78 is 23.1. The van der Waals surface area contributed by atoms with Gasteiger partial charge >= 0.3 is 6.09 Å². The summed E-state index contributed by atoms with van der Waals surface area (Å²) in [4.78, 5) is 11.0. The van der Waals surface area contributed by atoms with E-state index in [1.54, 1.807) is 13.0 Å². The number of carbonyl (C=O) groups is 1. The van der Waals surface area contributed by atoms with Crippen molar-refractivity contribution in [3.8, 4) is 5.75 Å². The van der Waals surface area contributed by atoms with Crippen molar-refractivity contribution in [2.75, 3.05) is 13.7 Å². The number of methoxy groups -OCH3 is 1. The number of nitrogens with one attached hydrogen (secondary N) is 2. The third-order valence-electron chi connectivity index (χ3n) is 2.09. The van der Waals surface area contributed by atoms with Crippen LogP contribution in [0.2, 0.25) is 0 Å². The Labute approximate surface area is 105 Å². The minimum Gasteiger partial charge on any atom is -0.497 e. The molecule has 0 unspecified atom stereocenters. The molecule has 1 amide bonds. The zero-order chi connectivity index (χ0) is 13.5. The van der Waals surface area contributed by atoms with Gasteiger partial charge in [0.05, 0.1) is 19.4 Å². The van der Waals surface area contributed by atoms with E-state index >= 15 is 0 Å². The van der Waals surface area contributed by atoms with Gasteiger partial charge in [-0.05, 0) is 19.1 Å². The van der Waals surface area contributed by atoms with Crippen molar-refractivity contribution in [2.45, 2.75) is 6.92 Å². The fraction of sp³-hybridized carbons (Fsp3) is 0.250. The topological polar surface area (TPSA) is 59.6 Å². The van der Waals surface area contributed by atoms with Crippen LogP contribution in [0.3, 0.4) is 0 Å². The zero-order valence-corrected chi connectivity index (χ0v) is 10.2. The summed E-state index contributed by atoms with van der Waals surface area (Å²) in [6.45, 7) is 5.54. The summed E-state index contributed by atoms with van der Waals surface area (Å²) in [7, 11) is 1.45. The van der Waals surface area contributed by atoms with Gasteiger partial charge in [0.2, 0.25) is 0 Å². The first-order chi connectivity index (χ1) is 8.58. The molecule has 1 rings (SSSR count). The van der Waals surface area contributed by atoms with Crippen molar-refractivity contribution < 1.29 is 18.7 Å². The largest absolute Gasteiger partial charge is 0.497 e. The molecule has 0 atom stereocenters. The van der Waals surface area contributed by atoms with Gasteiger partial charge in [0.25, 0.3) is 0 Å². The molecule has 0 spiro atoms. The molecule has 0 aliphatic heterocycles. The van der Waals surface area contributed by atoms with E-state index in [1.807, 2.05) is 0 Å². The number of carbonyl (C=O) groups excluding carboxylic acids is 1. The van der Waals surface area contributed by atoms with Gasteiger partial charge in [0.15, 0.2) is 0 Å². The van der Waals surface area contributed by atoms with Crippen LogP contribution >= 0.6 is 0 Å². The average Bonchev–Trinajstić information content (AvgIpc) is 2.36. The number of hydrogen-bond donors (Lipinski definition) is 2. The highest BCUT2D eigenvalue weighted by Crippen LogP contribution is 2.19. The quantitative estimate of drug-likeness (QED) is 0.790. The number of hydrazine groups is 1. The summed E-state index contributed by atoms with van der Waals surface area (Å²) in [5.74, 6) is -0.0973. The molecule has 6 heteroatoms. The fourth-order valence-electron chi connectivity index (χ4n) is 1.23. The Balaban J connectivity index is 2.64. The SMILES string of the molecule is C=C(NNC(=O)OCC)c1ccc(OC)cc1F. The van der Waals surface area contributed by atoms with E-state index in [-0.39, 0.29) is 17.9 Å². The molecule has 0 aromatic heterocycles. The number of halogens is 1. The monoisotopic (exact) mass is 254 g/mol. The third-order valence-corrected chi connectivity index (χ3v) is 2.09. The van der Waals surface area contributed by atoms with Crippen LogP contribution in [0.4, 0.5) is 9.18 Å². The molecular weight excluding hydrogens is 239 g/mol. The van der Waals surface area contributed by atoms with Gasteiger partial charge in [-0.25, -0.2) is 14.6 Å². The normalized spacial score (nSPS) is 9.50. The standard InChI is InChI=1S/C12H15FN2O3/c1-4-18-12(16)15-14-8(2)10-6-5-9(17-3)7-11(10)13/h5-7,14H,2,4H2,1,3H3,(H,15,16). The van der Waals surface area contributed by atoms with Gasteiger partial charge in [-0.15, -0.1) is 0 Å². The van der Waals surface area contributed by atoms with Crippen LogP contribution in [0.15, 0.2) is 24.8 Å². The second-order valence-corrected chi connectivity index (χ2v) is 3.29. The van der Waals surface area contributed by atoms with Crippen LogP contribution in [-0.4, -0.2) is 19.8 Å². The lowest BCUT2D eigenvalue weighted by atomic mass is 10.1. The number of benzene rings is 1. The summed E-state index contributed by atoms with van der Waals surface area (Å²) in [5.41, 5.74) is 5.13. The number of ether oxygens (including phenoxy) is 2. The van der Waals surface area contributed by atoms with E-state index in [0.29, 0.717) is 5.75 Å². The van der Waals surface area contributed by atoms with E-state index in [1.165, 1.54) is 19.2 Å². The summed E-state index contributed by atoms with van der Waals surface area (Å²) in [6.07, 6.45) is -0.660. The number of amides is 1. The van der Waals surface area contributed by atoms with Crippen molar-refractivity contribution in [1.29, 1.82) is 0 Å². The van der Waals surface area contributed by atoms with Gasteiger partial charge in [-0.3, -0.25) is 5.43 Å². The smallest absolute Gasteiger partial charge is 0.425 e. The summed E-state index contributed by atoms with van der Waals surface area (Å²) in [6, 6.07) is 4.32. The Morgan fingerprint density at radius 2 is 2.17 bits per heavy atom. The minimum absolute atomic E-state index is 0.211. The molecule has 0 aliphatic carbocycles. The third kappa shape index (κ3) is 3.65. The van der Waals surface area contributed by atoms with Gasteiger partial charge in [-0.2, -0.15) is 0 Å². The second kappa shape index (κ2) is 6.48. The highest BCUT2D eigenvalue weighted by atomic mass is 19.1. The van der Waals surface area contributed by atoms with E-state index < -0.39 is 11.9 Å². The van der Waals surface area contributed by atoms with Crippen molar-refractivity contribution >= 4 is 11.8 Å². The Bertz CT molecular complexity index is 449. The predicted molar refractivity (Wildman–Crippen MR) is 65.3 cm³/mol. The molecule has 1 aromatic carbocycles. The zero-order valence-electron chi connectivity index (χ0n) is 10.2. The Kier molecular flexibility index (Phi) is 4.98. The van der Waals surface area contributed by atoms with Crippen molar-refractivity contribution in [3.05, 3.63) is 36.2 Å². The number of rotatable bonds is 5. The van der Waals surface area contributed by atoms with Crippen LogP contribution in [0.5, 0.6) is 5.75 Å².